The van der Waals surface area contributed by atoms with E-state index in [9.17, 15) is 4.39 Å². The molecule has 2 aliphatic heterocycles. The molecular weight excluding hydrogens is 419 g/mol. The van der Waals surface area contributed by atoms with Crippen molar-refractivity contribution in [1.82, 2.24) is 14.9 Å². The quantitative estimate of drug-likeness (QED) is 0.464. The van der Waals surface area contributed by atoms with Gasteiger partial charge in [0.25, 0.3) is 0 Å². The highest BCUT2D eigenvalue weighted by atomic mass is 32.1. The van der Waals surface area contributed by atoms with Crippen molar-refractivity contribution >= 4 is 54.5 Å². The van der Waals surface area contributed by atoms with E-state index in [2.05, 4.69) is 33.3 Å². The summed E-state index contributed by atoms with van der Waals surface area (Å²) >= 11 is 3.20. The molecule has 0 bridgehead atoms. The Balaban J connectivity index is 1.39. The number of thiophene rings is 1. The first-order valence-corrected chi connectivity index (χ1v) is 11.8. The van der Waals surface area contributed by atoms with Crippen molar-refractivity contribution < 1.29 is 9.13 Å². The summed E-state index contributed by atoms with van der Waals surface area (Å²) in [5.41, 5.74) is 3.95. The fourth-order valence-corrected chi connectivity index (χ4v) is 6.95. The monoisotopic (exact) mass is 440 g/mol. The van der Waals surface area contributed by atoms with E-state index in [4.69, 9.17) is 4.74 Å². The third-order valence-electron chi connectivity index (χ3n) is 6.68. The maximum absolute atomic E-state index is 14.7. The van der Waals surface area contributed by atoms with Gasteiger partial charge in [-0.15, -0.1) is 22.7 Å². The Kier molecular flexibility index (Phi) is 4.31. The summed E-state index contributed by atoms with van der Waals surface area (Å²) in [6.07, 6.45) is 3.99. The van der Waals surface area contributed by atoms with Gasteiger partial charge in [-0.1, -0.05) is 0 Å². The molecule has 0 amide bonds. The highest BCUT2D eigenvalue weighted by Gasteiger charge is 2.50. The van der Waals surface area contributed by atoms with Crippen LogP contribution in [0.3, 0.4) is 0 Å². The van der Waals surface area contributed by atoms with Gasteiger partial charge in [0.15, 0.2) is 0 Å². The summed E-state index contributed by atoms with van der Waals surface area (Å²) in [5.74, 6) is 0.173. The lowest BCUT2D eigenvalue weighted by atomic mass is 9.83. The average Bonchev–Trinajstić information content (AvgIpc) is 3.51. The topological polar surface area (TPSA) is 50.3 Å². The van der Waals surface area contributed by atoms with Crippen LogP contribution in [0.25, 0.3) is 20.4 Å². The number of likely N-dealkylation sites (N-methyl/N-ethyl adjacent to an activating group) is 1. The number of likely N-dealkylation sites (tertiary alicyclic amines) is 1. The molecule has 3 aromatic heterocycles. The number of thiazole rings is 1. The van der Waals surface area contributed by atoms with Crippen molar-refractivity contribution in [1.29, 1.82) is 0 Å². The van der Waals surface area contributed by atoms with Gasteiger partial charge in [0.05, 0.1) is 39.2 Å². The number of ether oxygens (including phenoxy) is 1. The molecule has 0 radical (unpaired) electrons. The van der Waals surface area contributed by atoms with Gasteiger partial charge in [-0.25, -0.2) is 14.4 Å². The molecule has 1 N–H and O–H groups in total. The number of nitrogens with zero attached hydrogens (tertiary/aromatic N) is 3. The van der Waals surface area contributed by atoms with Gasteiger partial charge < -0.3 is 10.1 Å². The highest BCUT2D eigenvalue weighted by Crippen LogP contribution is 2.49. The fourth-order valence-electron chi connectivity index (χ4n) is 4.99. The van der Waals surface area contributed by atoms with Gasteiger partial charge in [-0.2, -0.15) is 0 Å². The molecule has 2 fully saturated rings. The Labute approximate surface area is 181 Å². The van der Waals surface area contributed by atoms with Gasteiger partial charge in [0, 0.05) is 29.0 Å². The molecule has 8 heteroatoms. The Morgan fingerprint density at radius 2 is 2.20 bits per heavy atom. The summed E-state index contributed by atoms with van der Waals surface area (Å²) in [6, 6.07) is 7.49. The van der Waals surface area contributed by atoms with Crippen LogP contribution in [0.4, 0.5) is 15.8 Å². The number of rotatable bonds is 3. The number of fused-ring (bicyclic) bond motifs is 2. The molecule has 2 saturated heterocycles. The predicted molar refractivity (Wildman–Crippen MR) is 121 cm³/mol. The van der Waals surface area contributed by atoms with Crippen LogP contribution in [0.1, 0.15) is 23.6 Å². The first-order valence-electron chi connectivity index (χ1n) is 10.1. The van der Waals surface area contributed by atoms with E-state index in [-0.39, 0.29) is 11.4 Å². The molecule has 5 nitrogen and oxygen atoms in total. The lowest BCUT2D eigenvalue weighted by Gasteiger charge is -2.35. The van der Waals surface area contributed by atoms with Crippen LogP contribution in [0.2, 0.25) is 0 Å². The van der Waals surface area contributed by atoms with Crippen LogP contribution in [0, 0.1) is 5.82 Å². The summed E-state index contributed by atoms with van der Waals surface area (Å²) in [5, 5.41) is 4.33. The molecule has 0 unspecified atom stereocenters. The summed E-state index contributed by atoms with van der Waals surface area (Å²) in [7, 11) is 2.21. The minimum absolute atomic E-state index is 0.0935. The maximum Gasteiger partial charge on any atom is 0.148 e. The average molecular weight is 441 g/mol. The van der Waals surface area contributed by atoms with E-state index in [1.807, 2.05) is 6.07 Å². The Morgan fingerprint density at radius 1 is 1.27 bits per heavy atom. The molecule has 4 aromatic rings. The molecule has 5 heterocycles. The molecule has 1 aromatic carbocycles. The number of hydrogen-bond donors (Lipinski definition) is 1. The fraction of sp³-hybridized carbons (Fsp3) is 0.364. The number of pyridine rings is 1. The lowest BCUT2D eigenvalue weighted by Crippen LogP contribution is -2.45. The van der Waals surface area contributed by atoms with Crippen molar-refractivity contribution in [2.45, 2.75) is 24.3 Å². The normalized spacial score (nSPS) is 24.5. The minimum Gasteiger partial charge on any atom is -0.379 e. The molecule has 0 aliphatic carbocycles. The van der Waals surface area contributed by atoms with E-state index in [0.717, 1.165) is 58.7 Å². The molecule has 2 atom stereocenters. The second-order valence-electron chi connectivity index (χ2n) is 8.17. The van der Waals surface area contributed by atoms with Crippen LogP contribution in [-0.4, -0.2) is 47.2 Å². The first-order chi connectivity index (χ1) is 14.6. The third-order valence-corrected chi connectivity index (χ3v) is 8.63. The summed E-state index contributed by atoms with van der Waals surface area (Å²) < 4.78 is 21.3. The Hall–Kier alpha value is -2.13. The van der Waals surface area contributed by atoms with E-state index in [1.54, 1.807) is 35.2 Å². The van der Waals surface area contributed by atoms with Gasteiger partial charge in [0.2, 0.25) is 0 Å². The maximum atomic E-state index is 14.7. The molecule has 2 aliphatic rings. The van der Waals surface area contributed by atoms with Crippen LogP contribution in [-0.2, 0) is 4.74 Å². The first kappa shape index (κ1) is 18.6. The molecule has 154 valence electrons. The van der Waals surface area contributed by atoms with Crippen LogP contribution in [0.5, 0.6) is 0 Å². The zero-order valence-electron chi connectivity index (χ0n) is 16.5. The second-order valence-corrected chi connectivity index (χ2v) is 10.1. The lowest BCUT2D eigenvalue weighted by molar-refractivity contribution is 0.111. The number of nitrogens with one attached hydrogen (secondary N) is 1. The number of aromatic nitrogens is 2. The largest absolute Gasteiger partial charge is 0.379 e. The molecule has 1 spiro atoms. The van der Waals surface area contributed by atoms with Gasteiger partial charge in [-0.3, -0.25) is 4.90 Å². The molecule has 6 rings (SSSR count). The summed E-state index contributed by atoms with van der Waals surface area (Å²) in [6.45, 7) is 2.70. The van der Waals surface area contributed by atoms with E-state index in [0.29, 0.717) is 11.6 Å². The van der Waals surface area contributed by atoms with E-state index < -0.39 is 0 Å². The van der Waals surface area contributed by atoms with Crippen molar-refractivity contribution in [3.8, 4) is 0 Å². The van der Waals surface area contributed by atoms with Crippen LogP contribution >= 0.6 is 22.7 Å². The van der Waals surface area contributed by atoms with Crippen molar-refractivity contribution in [2.75, 3.05) is 32.1 Å². The molecular formula is C22H21FN4OS2. The standard InChI is InChI=1S/C22H21FN4OS2/c1-27-6-3-14(22(27)4-7-28-11-22)19-8-13-16(2-5-24-21(13)30-19)26-17-10-18-20(9-15(17)23)29-12-25-18/h2,5,8-10,12,14H,3-4,6-7,11H2,1H3,(H,24,26)/t14-,22+/m0/s1. The SMILES string of the molecule is CN1CC[C@@H](c2cc3c(Nc4cc5ncsc5cc4F)ccnc3s2)[C@]12CCOC2. The van der Waals surface area contributed by atoms with Gasteiger partial charge in [0.1, 0.15) is 10.6 Å². The highest BCUT2D eigenvalue weighted by molar-refractivity contribution is 7.18. The van der Waals surface area contributed by atoms with Crippen LogP contribution in [0.15, 0.2) is 36.0 Å². The number of hydrogen-bond acceptors (Lipinski definition) is 7. The molecule has 30 heavy (non-hydrogen) atoms. The summed E-state index contributed by atoms with van der Waals surface area (Å²) in [4.78, 5) is 13.7. The predicted octanol–water partition coefficient (Wildman–Crippen LogP) is 5.37. The zero-order chi connectivity index (χ0) is 20.3. The Bertz CT molecular complexity index is 1250. The minimum atomic E-state index is -0.272. The Morgan fingerprint density at radius 3 is 3.07 bits per heavy atom. The number of anilines is 2. The van der Waals surface area contributed by atoms with Gasteiger partial charge in [-0.05, 0) is 50.7 Å². The van der Waals surface area contributed by atoms with Crippen molar-refractivity contribution in [3.05, 3.63) is 46.7 Å². The smallest absolute Gasteiger partial charge is 0.148 e. The van der Waals surface area contributed by atoms with E-state index >= 15 is 0 Å². The van der Waals surface area contributed by atoms with Gasteiger partial charge >= 0.3 is 0 Å². The van der Waals surface area contributed by atoms with Crippen molar-refractivity contribution in [3.63, 3.8) is 0 Å². The zero-order valence-corrected chi connectivity index (χ0v) is 18.2. The number of halogens is 1. The van der Waals surface area contributed by atoms with E-state index in [1.165, 1.54) is 16.2 Å². The van der Waals surface area contributed by atoms with Crippen molar-refractivity contribution in [2.24, 2.45) is 0 Å². The molecule has 0 saturated carbocycles. The third kappa shape index (κ3) is 2.78. The number of benzene rings is 1. The second kappa shape index (κ2) is 6.95. The van der Waals surface area contributed by atoms with Crippen LogP contribution < -0.4 is 5.32 Å².